The van der Waals surface area contributed by atoms with Crippen LogP contribution in [0, 0.1) is 0 Å². The Morgan fingerprint density at radius 3 is 2.58 bits per heavy atom. The standard InChI is InChI=1S/C9H14OS2/c10-7-4-2-1-3-5-9(12)6-8-11/h7-8H,1-6H2. The first-order valence-corrected chi connectivity index (χ1v) is 5.08. The lowest BCUT2D eigenvalue weighted by Crippen LogP contribution is -1.94. The zero-order valence-corrected chi connectivity index (χ0v) is 8.76. The number of hydrogen-bond donors (Lipinski definition) is 0. The van der Waals surface area contributed by atoms with Gasteiger partial charge in [-0.1, -0.05) is 30.9 Å². The van der Waals surface area contributed by atoms with E-state index in [1.807, 2.05) is 0 Å². The molecule has 0 saturated carbocycles. The normalized spacial score (nSPS) is 9.33. The summed E-state index contributed by atoms with van der Waals surface area (Å²) in [6.07, 6.45) is 6.57. The summed E-state index contributed by atoms with van der Waals surface area (Å²) in [5.74, 6) is 0. The average molecular weight is 202 g/mol. The fraction of sp³-hybridized carbons (Fsp3) is 0.667. The summed E-state index contributed by atoms with van der Waals surface area (Å²) in [6, 6.07) is 0. The van der Waals surface area contributed by atoms with Gasteiger partial charge >= 0.3 is 0 Å². The first-order valence-electron chi connectivity index (χ1n) is 4.20. The van der Waals surface area contributed by atoms with Crippen molar-refractivity contribution in [3.8, 4) is 0 Å². The molecule has 1 nitrogen and oxygen atoms in total. The van der Waals surface area contributed by atoms with E-state index >= 15 is 0 Å². The van der Waals surface area contributed by atoms with Crippen molar-refractivity contribution in [3.63, 3.8) is 0 Å². The molecule has 3 heteroatoms. The number of aldehydes is 1. The Labute approximate surface area is 84.5 Å². The van der Waals surface area contributed by atoms with Crippen LogP contribution in [-0.4, -0.2) is 16.5 Å². The molecule has 0 unspecified atom stereocenters. The molecule has 0 aliphatic heterocycles. The lowest BCUT2D eigenvalue weighted by Gasteiger charge is -1.98. The minimum Gasteiger partial charge on any atom is -0.303 e. The molecule has 0 N–H and O–H groups in total. The molecular weight excluding hydrogens is 188 g/mol. The third-order valence-corrected chi connectivity index (χ3v) is 2.13. The zero-order chi connectivity index (χ0) is 9.23. The Bertz CT molecular complexity index is 155. The number of thiocarbonyl (C=S) groups is 2. The number of carbonyl (C=O) groups excluding carboxylic acids is 1. The van der Waals surface area contributed by atoms with Crippen LogP contribution >= 0.6 is 24.4 Å². The molecule has 0 spiro atoms. The number of carbonyl (C=O) groups is 1. The summed E-state index contributed by atoms with van der Waals surface area (Å²) < 4.78 is 0. The lowest BCUT2D eigenvalue weighted by atomic mass is 10.1. The zero-order valence-electron chi connectivity index (χ0n) is 7.12. The van der Waals surface area contributed by atoms with Gasteiger partial charge in [0.2, 0.25) is 0 Å². The lowest BCUT2D eigenvalue weighted by molar-refractivity contribution is -0.107. The Hall–Kier alpha value is -0.150. The Kier molecular flexibility index (Phi) is 8.83. The van der Waals surface area contributed by atoms with Crippen molar-refractivity contribution in [2.24, 2.45) is 0 Å². The van der Waals surface area contributed by atoms with Crippen LogP contribution in [0.25, 0.3) is 0 Å². The van der Waals surface area contributed by atoms with Gasteiger partial charge < -0.3 is 4.79 Å². The monoisotopic (exact) mass is 202 g/mol. The van der Waals surface area contributed by atoms with Crippen LogP contribution in [0.2, 0.25) is 0 Å². The summed E-state index contributed by atoms with van der Waals surface area (Å²) >= 11 is 9.75. The second-order valence-electron chi connectivity index (χ2n) is 2.68. The molecule has 0 fully saturated rings. The van der Waals surface area contributed by atoms with E-state index in [1.54, 1.807) is 5.37 Å². The van der Waals surface area contributed by atoms with Crippen molar-refractivity contribution < 1.29 is 4.79 Å². The molecule has 12 heavy (non-hydrogen) atoms. The summed E-state index contributed by atoms with van der Waals surface area (Å²) in [4.78, 5) is 11.0. The van der Waals surface area contributed by atoms with Gasteiger partial charge in [0.05, 0.1) is 0 Å². The highest BCUT2D eigenvalue weighted by Gasteiger charge is 1.94. The molecule has 0 saturated heterocycles. The number of hydrogen-bond acceptors (Lipinski definition) is 3. The molecule has 0 radical (unpaired) electrons. The maximum absolute atomic E-state index is 9.96. The van der Waals surface area contributed by atoms with Gasteiger partial charge in [-0.25, -0.2) is 0 Å². The van der Waals surface area contributed by atoms with E-state index in [-0.39, 0.29) is 0 Å². The van der Waals surface area contributed by atoms with E-state index in [9.17, 15) is 4.79 Å². The Morgan fingerprint density at radius 2 is 2.00 bits per heavy atom. The van der Waals surface area contributed by atoms with Crippen LogP contribution in [0.1, 0.15) is 38.5 Å². The van der Waals surface area contributed by atoms with Crippen molar-refractivity contribution in [2.45, 2.75) is 38.5 Å². The third kappa shape index (κ3) is 7.95. The van der Waals surface area contributed by atoms with Gasteiger partial charge in [0.1, 0.15) is 6.29 Å². The fourth-order valence-corrected chi connectivity index (χ4v) is 1.46. The Balaban J connectivity index is 3.13. The van der Waals surface area contributed by atoms with Gasteiger partial charge in [-0.2, -0.15) is 0 Å². The third-order valence-electron chi connectivity index (χ3n) is 1.59. The highest BCUT2D eigenvalue weighted by atomic mass is 32.1. The van der Waals surface area contributed by atoms with Crippen LogP contribution in [0.3, 0.4) is 0 Å². The molecule has 0 amide bonds. The van der Waals surface area contributed by atoms with Gasteiger partial charge in [0.25, 0.3) is 0 Å². The van der Waals surface area contributed by atoms with E-state index in [0.29, 0.717) is 6.42 Å². The molecule has 0 aromatic carbocycles. The minimum absolute atomic E-state index is 0.680. The van der Waals surface area contributed by atoms with E-state index in [2.05, 4.69) is 12.2 Å². The molecule has 0 heterocycles. The molecule has 68 valence electrons. The van der Waals surface area contributed by atoms with E-state index in [4.69, 9.17) is 12.2 Å². The summed E-state index contributed by atoms with van der Waals surface area (Å²) in [7, 11) is 0. The topological polar surface area (TPSA) is 17.1 Å². The van der Waals surface area contributed by atoms with Crippen LogP contribution in [0.15, 0.2) is 0 Å². The molecule has 0 aromatic heterocycles. The number of unbranched alkanes of at least 4 members (excludes halogenated alkanes) is 3. The molecule has 0 aromatic rings. The summed E-state index contributed by atoms with van der Waals surface area (Å²) in [6.45, 7) is 0. The second kappa shape index (κ2) is 8.94. The fourth-order valence-electron chi connectivity index (χ4n) is 0.922. The molecule has 0 aliphatic carbocycles. The van der Waals surface area contributed by atoms with Gasteiger partial charge in [0, 0.05) is 12.8 Å². The highest BCUT2D eigenvalue weighted by Crippen LogP contribution is 2.04. The van der Waals surface area contributed by atoms with Crippen molar-refractivity contribution in [2.75, 3.05) is 0 Å². The first kappa shape index (κ1) is 11.8. The largest absolute Gasteiger partial charge is 0.303 e. The summed E-state index contributed by atoms with van der Waals surface area (Å²) in [5, 5.41) is 1.67. The van der Waals surface area contributed by atoms with Crippen LogP contribution in [-0.2, 0) is 4.79 Å². The molecule has 0 atom stereocenters. The maximum Gasteiger partial charge on any atom is 0.119 e. The van der Waals surface area contributed by atoms with Crippen LogP contribution in [0.4, 0.5) is 0 Å². The van der Waals surface area contributed by atoms with E-state index in [0.717, 1.165) is 43.3 Å². The van der Waals surface area contributed by atoms with Gasteiger partial charge in [-0.05, 0) is 29.5 Å². The smallest absolute Gasteiger partial charge is 0.119 e. The quantitative estimate of drug-likeness (QED) is 0.342. The Morgan fingerprint density at radius 1 is 1.25 bits per heavy atom. The highest BCUT2D eigenvalue weighted by molar-refractivity contribution is 7.81. The van der Waals surface area contributed by atoms with Crippen molar-refractivity contribution in [3.05, 3.63) is 0 Å². The number of rotatable bonds is 8. The average Bonchev–Trinajstić information content (AvgIpc) is 2.05. The molecule has 0 rings (SSSR count). The molecule has 0 bridgehead atoms. The van der Waals surface area contributed by atoms with E-state index < -0.39 is 0 Å². The van der Waals surface area contributed by atoms with Crippen LogP contribution in [0.5, 0.6) is 0 Å². The summed E-state index contributed by atoms with van der Waals surface area (Å²) in [5.41, 5.74) is 0. The van der Waals surface area contributed by atoms with Crippen molar-refractivity contribution >= 4 is 41.0 Å². The van der Waals surface area contributed by atoms with Crippen molar-refractivity contribution in [1.29, 1.82) is 0 Å². The van der Waals surface area contributed by atoms with Gasteiger partial charge in [0.15, 0.2) is 0 Å². The van der Waals surface area contributed by atoms with E-state index in [1.165, 1.54) is 0 Å². The maximum atomic E-state index is 9.96. The van der Waals surface area contributed by atoms with Gasteiger partial charge in [-0.3, -0.25) is 0 Å². The second-order valence-corrected chi connectivity index (χ2v) is 3.59. The first-order chi connectivity index (χ1) is 5.81. The predicted molar refractivity (Wildman–Crippen MR) is 60.0 cm³/mol. The van der Waals surface area contributed by atoms with Crippen LogP contribution < -0.4 is 0 Å². The van der Waals surface area contributed by atoms with Gasteiger partial charge in [-0.15, -0.1) is 0 Å². The van der Waals surface area contributed by atoms with Crippen molar-refractivity contribution in [1.82, 2.24) is 0 Å². The SMILES string of the molecule is O=CCCCCCC(=S)CC=S. The molecular formula is C9H14OS2. The molecule has 0 aliphatic rings. The minimum atomic E-state index is 0.680. The predicted octanol–water partition coefficient (Wildman–Crippen LogP) is 2.90.